The van der Waals surface area contributed by atoms with E-state index < -0.39 is 11.9 Å². The van der Waals surface area contributed by atoms with E-state index in [0.717, 1.165) is 6.07 Å². The predicted octanol–water partition coefficient (Wildman–Crippen LogP) is 3.84. The molecule has 3 heterocycles. The van der Waals surface area contributed by atoms with Gasteiger partial charge in [-0.2, -0.15) is 18.3 Å². The Morgan fingerprint density at radius 3 is 2.32 bits per heavy atom. The van der Waals surface area contributed by atoms with E-state index in [2.05, 4.69) is 15.1 Å². The van der Waals surface area contributed by atoms with Gasteiger partial charge in [0.1, 0.15) is 12.1 Å². The molecule has 0 amide bonds. The number of rotatable bonds is 3. The average Bonchev–Trinajstić information content (AvgIpc) is 3.15. The van der Waals surface area contributed by atoms with Crippen molar-refractivity contribution in [3.8, 4) is 17.1 Å². The monoisotopic (exact) mass is 409 g/mol. The van der Waals surface area contributed by atoms with Gasteiger partial charge in [-0.1, -0.05) is 23.7 Å². The van der Waals surface area contributed by atoms with E-state index in [1.54, 1.807) is 30.3 Å². The van der Waals surface area contributed by atoms with Gasteiger partial charge in [0.05, 0.1) is 18.9 Å². The number of nitrogens with zero attached hydrogens (tertiary/aromatic N) is 5. The van der Waals surface area contributed by atoms with Crippen molar-refractivity contribution in [2.45, 2.75) is 6.18 Å². The molecule has 28 heavy (non-hydrogen) atoms. The van der Waals surface area contributed by atoms with Crippen LogP contribution in [0.15, 0.2) is 42.7 Å². The van der Waals surface area contributed by atoms with Crippen molar-refractivity contribution in [3.05, 3.63) is 53.4 Å². The molecule has 0 aliphatic carbocycles. The molecule has 1 fully saturated rings. The lowest BCUT2D eigenvalue weighted by Gasteiger charge is -2.27. The maximum absolute atomic E-state index is 13.3. The predicted molar refractivity (Wildman–Crippen MR) is 97.6 cm³/mol. The van der Waals surface area contributed by atoms with E-state index in [4.69, 9.17) is 16.3 Å². The lowest BCUT2D eigenvalue weighted by Crippen LogP contribution is -2.36. The SMILES string of the molecule is FC(F)(F)c1cc(-c2ccc(Cl)cc2)n(-c2cc(N3CCOCC3)ncn2)n1. The molecule has 10 heteroatoms. The number of morpholine rings is 1. The molecule has 1 aliphatic rings. The first kappa shape index (κ1) is 18.7. The summed E-state index contributed by atoms with van der Waals surface area (Å²) in [4.78, 5) is 10.4. The number of alkyl halides is 3. The minimum absolute atomic E-state index is 0.247. The number of aromatic nitrogens is 4. The van der Waals surface area contributed by atoms with E-state index in [9.17, 15) is 13.2 Å². The highest BCUT2D eigenvalue weighted by atomic mass is 35.5. The number of ether oxygens (including phenoxy) is 1. The maximum Gasteiger partial charge on any atom is 0.435 e. The van der Waals surface area contributed by atoms with Crippen LogP contribution in [0.25, 0.3) is 17.1 Å². The Morgan fingerprint density at radius 2 is 1.64 bits per heavy atom. The van der Waals surface area contributed by atoms with Crippen molar-refractivity contribution in [3.63, 3.8) is 0 Å². The zero-order chi connectivity index (χ0) is 19.7. The molecule has 6 nitrogen and oxygen atoms in total. The second-order valence-electron chi connectivity index (χ2n) is 6.17. The summed E-state index contributed by atoms with van der Waals surface area (Å²) in [5.74, 6) is 0.858. The zero-order valence-corrected chi connectivity index (χ0v) is 15.3. The van der Waals surface area contributed by atoms with Gasteiger partial charge in [-0.25, -0.2) is 14.6 Å². The first-order valence-corrected chi connectivity index (χ1v) is 8.88. The van der Waals surface area contributed by atoms with E-state index in [1.807, 2.05) is 4.90 Å². The van der Waals surface area contributed by atoms with Crippen LogP contribution in [0.2, 0.25) is 5.02 Å². The molecule has 1 saturated heterocycles. The Hall–Kier alpha value is -2.65. The molecule has 0 N–H and O–H groups in total. The maximum atomic E-state index is 13.3. The Kier molecular flexibility index (Phi) is 4.94. The molecule has 4 rings (SSSR count). The summed E-state index contributed by atoms with van der Waals surface area (Å²) in [6, 6.07) is 9.12. The molecule has 1 aliphatic heterocycles. The van der Waals surface area contributed by atoms with Crippen LogP contribution >= 0.6 is 11.6 Å². The van der Waals surface area contributed by atoms with Gasteiger partial charge < -0.3 is 9.64 Å². The second kappa shape index (κ2) is 7.40. The Balaban J connectivity index is 1.80. The van der Waals surface area contributed by atoms with Crippen LogP contribution in [-0.2, 0) is 10.9 Å². The second-order valence-corrected chi connectivity index (χ2v) is 6.60. The van der Waals surface area contributed by atoms with Crippen molar-refractivity contribution in [1.82, 2.24) is 19.7 Å². The molecule has 0 saturated carbocycles. The summed E-state index contributed by atoms with van der Waals surface area (Å²) in [6.07, 6.45) is -3.26. The van der Waals surface area contributed by atoms with Crippen molar-refractivity contribution in [1.29, 1.82) is 0 Å². The van der Waals surface area contributed by atoms with Crippen LogP contribution < -0.4 is 4.90 Å². The van der Waals surface area contributed by atoms with Crippen molar-refractivity contribution >= 4 is 17.4 Å². The highest BCUT2D eigenvalue weighted by Crippen LogP contribution is 2.33. The standard InChI is InChI=1S/C18H15ClF3N5O/c19-13-3-1-12(2-4-13)14-9-15(18(20,21)22)25-27(14)17-10-16(23-11-24-17)26-5-7-28-8-6-26/h1-4,9-11H,5-8H2. The molecule has 2 aromatic heterocycles. The van der Waals surface area contributed by atoms with Gasteiger partial charge >= 0.3 is 6.18 Å². The molecular weight excluding hydrogens is 395 g/mol. The topological polar surface area (TPSA) is 56.1 Å². The molecule has 0 radical (unpaired) electrons. The van der Waals surface area contributed by atoms with Gasteiger partial charge in [-0.3, -0.25) is 0 Å². The number of anilines is 1. The summed E-state index contributed by atoms with van der Waals surface area (Å²) in [5, 5.41) is 4.25. The smallest absolute Gasteiger partial charge is 0.378 e. The zero-order valence-electron chi connectivity index (χ0n) is 14.5. The van der Waals surface area contributed by atoms with E-state index >= 15 is 0 Å². The third-order valence-corrected chi connectivity index (χ3v) is 4.58. The van der Waals surface area contributed by atoms with Crippen LogP contribution in [0, 0.1) is 0 Å². The quantitative estimate of drug-likeness (QED) is 0.658. The van der Waals surface area contributed by atoms with Gasteiger partial charge in [0, 0.05) is 29.7 Å². The Labute approximate surface area is 163 Å². The van der Waals surface area contributed by atoms with Crippen LogP contribution in [0.5, 0.6) is 0 Å². The third kappa shape index (κ3) is 3.81. The molecule has 0 unspecified atom stereocenters. The largest absolute Gasteiger partial charge is 0.435 e. The van der Waals surface area contributed by atoms with Crippen molar-refractivity contribution in [2.75, 3.05) is 31.2 Å². The normalized spacial score (nSPS) is 15.1. The minimum Gasteiger partial charge on any atom is -0.378 e. The highest BCUT2D eigenvalue weighted by molar-refractivity contribution is 6.30. The summed E-state index contributed by atoms with van der Waals surface area (Å²) in [5.41, 5.74) is -0.196. The molecule has 1 aromatic carbocycles. The summed E-state index contributed by atoms with van der Waals surface area (Å²) >= 11 is 5.90. The van der Waals surface area contributed by atoms with Gasteiger partial charge in [-0.05, 0) is 18.2 Å². The average molecular weight is 410 g/mol. The number of halogens is 4. The Bertz CT molecular complexity index is 968. The highest BCUT2D eigenvalue weighted by Gasteiger charge is 2.35. The minimum atomic E-state index is -4.58. The molecular formula is C18H15ClF3N5O. The summed E-state index contributed by atoms with van der Waals surface area (Å²) < 4.78 is 46.4. The lowest BCUT2D eigenvalue weighted by molar-refractivity contribution is -0.141. The summed E-state index contributed by atoms with van der Waals surface area (Å²) in [7, 11) is 0. The first-order chi connectivity index (χ1) is 13.4. The third-order valence-electron chi connectivity index (χ3n) is 4.33. The Morgan fingerprint density at radius 1 is 0.964 bits per heavy atom. The number of hydrogen-bond acceptors (Lipinski definition) is 5. The van der Waals surface area contributed by atoms with Crippen molar-refractivity contribution < 1.29 is 17.9 Å². The van der Waals surface area contributed by atoms with E-state index in [0.29, 0.717) is 42.7 Å². The van der Waals surface area contributed by atoms with Crippen LogP contribution in [0.4, 0.5) is 19.0 Å². The lowest BCUT2D eigenvalue weighted by atomic mass is 10.1. The number of hydrogen-bond donors (Lipinski definition) is 0. The molecule has 0 spiro atoms. The fourth-order valence-corrected chi connectivity index (χ4v) is 3.06. The van der Waals surface area contributed by atoms with Crippen LogP contribution in [-0.4, -0.2) is 46.1 Å². The van der Waals surface area contributed by atoms with E-state index in [1.165, 1.54) is 11.0 Å². The fraction of sp³-hybridized carbons (Fsp3) is 0.278. The molecule has 0 atom stereocenters. The van der Waals surface area contributed by atoms with Gasteiger partial charge in [0.25, 0.3) is 0 Å². The van der Waals surface area contributed by atoms with Gasteiger partial charge in [0.2, 0.25) is 0 Å². The molecule has 3 aromatic rings. The van der Waals surface area contributed by atoms with E-state index in [-0.39, 0.29) is 11.5 Å². The first-order valence-electron chi connectivity index (χ1n) is 8.50. The summed E-state index contributed by atoms with van der Waals surface area (Å²) in [6.45, 7) is 2.42. The fourth-order valence-electron chi connectivity index (χ4n) is 2.94. The van der Waals surface area contributed by atoms with Crippen molar-refractivity contribution in [2.24, 2.45) is 0 Å². The molecule has 146 valence electrons. The van der Waals surface area contributed by atoms with Gasteiger partial charge in [-0.15, -0.1) is 0 Å². The van der Waals surface area contributed by atoms with Gasteiger partial charge in [0.15, 0.2) is 11.5 Å². The van der Waals surface area contributed by atoms with Crippen LogP contribution in [0.1, 0.15) is 5.69 Å². The molecule has 0 bridgehead atoms. The number of benzene rings is 1. The van der Waals surface area contributed by atoms with Crippen LogP contribution in [0.3, 0.4) is 0 Å².